The highest BCUT2D eigenvalue weighted by molar-refractivity contribution is 5.45. The second-order valence-electron chi connectivity index (χ2n) is 3.83. The molecule has 3 nitrogen and oxygen atoms in total. The molecule has 0 fully saturated rings. The Bertz CT molecular complexity index is 489. The fourth-order valence-electron chi connectivity index (χ4n) is 1.48. The topological polar surface area (TPSA) is 44.5 Å². The fraction of sp³-hybridized carbons (Fsp3) is 0.455. The van der Waals surface area contributed by atoms with E-state index in [0.29, 0.717) is 12.1 Å². The Morgan fingerprint density at radius 2 is 1.45 bits per heavy atom. The Balaban J connectivity index is 3.33. The lowest BCUT2D eigenvalue weighted by Gasteiger charge is -2.26. The Labute approximate surface area is 110 Å². The predicted octanol–water partition coefficient (Wildman–Crippen LogP) is 3.04. The first-order valence-corrected chi connectivity index (χ1v) is 5.17. The number of alkyl halides is 5. The monoisotopic (exact) mass is 303 g/mol. The van der Waals surface area contributed by atoms with Gasteiger partial charge in [-0.2, -0.15) is 22.0 Å². The molecular formula is C11H11F6NO2. The largest absolute Gasteiger partial charge is 0.493 e. The molecule has 0 aliphatic heterocycles. The average molecular weight is 303 g/mol. The molecule has 0 aromatic heterocycles. The molecule has 1 rings (SSSR count). The Morgan fingerprint density at radius 3 is 1.85 bits per heavy atom. The molecule has 0 bridgehead atoms. The van der Waals surface area contributed by atoms with Crippen LogP contribution in [0.1, 0.15) is 11.6 Å². The van der Waals surface area contributed by atoms with Crippen LogP contribution < -0.4 is 15.2 Å². The molecule has 0 aliphatic carbocycles. The molecule has 9 heteroatoms. The van der Waals surface area contributed by atoms with Crippen molar-refractivity contribution in [2.24, 2.45) is 5.73 Å². The molecule has 2 N–H and O–H groups in total. The van der Waals surface area contributed by atoms with E-state index in [1.807, 2.05) is 0 Å². The summed E-state index contributed by atoms with van der Waals surface area (Å²) in [6.45, 7) is 0. The van der Waals surface area contributed by atoms with Crippen molar-refractivity contribution in [3.63, 3.8) is 0 Å². The minimum atomic E-state index is -5.90. The summed E-state index contributed by atoms with van der Waals surface area (Å²) in [5, 5.41) is 0. The third-order valence-electron chi connectivity index (χ3n) is 2.61. The molecule has 1 unspecified atom stereocenters. The van der Waals surface area contributed by atoms with Crippen molar-refractivity contribution in [1.29, 1.82) is 0 Å². The van der Waals surface area contributed by atoms with E-state index in [-0.39, 0.29) is 11.5 Å². The maximum absolute atomic E-state index is 13.6. The zero-order valence-corrected chi connectivity index (χ0v) is 10.4. The molecule has 1 aromatic rings. The van der Waals surface area contributed by atoms with Crippen molar-refractivity contribution in [3.8, 4) is 11.5 Å². The first-order valence-electron chi connectivity index (χ1n) is 5.17. The van der Waals surface area contributed by atoms with Crippen LogP contribution in [0, 0.1) is 5.82 Å². The highest BCUT2D eigenvalue weighted by atomic mass is 19.4. The highest BCUT2D eigenvalue weighted by Crippen LogP contribution is 2.45. The van der Waals surface area contributed by atoms with Gasteiger partial charge in [-0.25, -0.2) is 4.39 Å². The third-order valence-corrected chi connectivity index (χ3v) is 2.61. The summed E-state index contributed by atoms with van der Waals surface area (Å²) in [6, 6.07) is -1.62. The van der Waals surface area contributed by atoms with Crippen LogP contribution in [0.5, 0.6) is 11.5 Å². The van der Waals surface area contributed by atoms with Gasteiger partial charge in [0.25, 0.3) is 0 Å². The first-order chi connectivity index (χ1) is 9.06. The van der Waals surface area contributed by atoms with E-state index in [9.17, 15) is 26.3 Å². The number of rotatable bonds is 4. The van der Waals surface area contributed by atoms with Gasteiger partial charge < -0.3 is 15.2 Å². The van der Waals surface area contributed by atoms with E-state index in [2.05, 4.69) is 4.74 Å². The first kappa shape index (κ1) is 16.4. The smallest absolute Gasteiger partial charge is 0.455 e. The van der Waals surface area contributed by atoms with Gasteiger partial charge >= 0.3 is 12.1 Å². The van der Waals surface area contributed by atoms with Crippen LogP contribution in [0.15, 0.2) is 12.1 Å². The van der Waals surface area contributed by atoms with E-state index in [4.69, 9.17) is 10.5 Å². The van der Waals surface area contributed by atoms with Gasteiger partial charge in [-0.15, -0.1) is 0 Å². The van der Waals surface area contributed by atoms with E-state index < -0.39 is 29.5 Å². The SMILES string of the molecule is COc1cc(F)c(C(N)C(F)(F)C(F)(F)F)cc1OC. The standard InChI is InChI=1S/C11H11F6NO2/c1-19-7-3-5(6(12)4-8(7)20-2)9(18)10(13,14)11(15,16)17/h3-4,9H,18H2,1-2H3. The summed E-state index contributed by atoms with van der Waals surface area (Å²) in [5.41, 5.74) is 3.85. The van der Waals surface area contributed by atoms with Gasteiger partial charge in [0.15, 0.2) is 11.5 Å². The number of benzene rings is 1. The molecular weight excluding hydrogens is 292 g/mol. The Morgan fingerprint density at radius 1 is 1.00 bits per heavy atom. The molecule has 0 spiro atoms. The van der Waals surface area contributed by atoms with Crippen molar-refractivity contribution in [1.82, 2.24) is 0 Å². The molecule has 0 amide bonds. The predicted molar refractivity (Wildman–Crippen MR) is 57.4 cm³/mol. The number of ether oxygens (including phenoxy) is 2. The lowest BCUT2D eigenvalue weighted by atomic mass is 9.99. The number of methoxy groups -OCH3 is 2. The minimum absolute atomic E-state index is 0.156. The number of hydrogen-bond acceptors (Lipinski definition) is 3. The van der Waals surface area contributed by atoms with Crippen molar-refractivity contribution >= 4 is 0 Å². The molecule has 0 heterocycles. The Kier molecular flexibility index (Phi) is 4.42. The summed E-state index contributed by atoms with van der Waals surface area (Å²) in [4.78, 5) is 0. The summed E-state index contributed by atoms with van der Waals surface area (Å²) in [5.74, 6) is -7.00. The Hall–Kier alpha value is -1.64. The summed E-state index contributed by atoms with van der Waals surface area (Å²) in [6.07, 6.45) is -5.90. The highest BCUT2D eigenvalue weighted by Gasteiger charge is 2.62. The zero-order chi connectivity index (χ0) is 15.7. The third kappa shape index (κ3) is 2.77. The number of nitrogens with two attached hydrogens (primary N) is 1. The molecule has 20 heavy (non-hydrogen) atoms. The quantitative estimate of drug-likeness (QED) is 0.870. The van der Waals surface area contributed by atoms with Gasteiger partial charge in [0, 0.05) is 11.6 Å². The number of halogens is 6. The summed E-state index contributed by atoms with van der Waals surface area (Å²) >= 11 is 0. The van der Waals surface area contributed by atoms with Crippen LogP contribution in [-0.4, -0.2) is 26.3 Å². The average Bonchev–Trinajstić information content (AvgIpc) is 2.36. The maximum Gasteiger partial charge on any atom is 0.455 e. The number of hydrogen-bond donors (Lipinski definition) is 1. The second-order valence-corrected chi connectivity index (χ2v) is 3.83. The molecule has 114 valence electrons. The van der Waals surface area contributed by atoms with E-state index in [0.717, 1.165) is 14.2 Å². The van der Waals surface area contributed by atoms with Crippen LogP contribution >= 0.6 is 0 Å². The maximum atomic E-state index is 13.6. The van der Waals surface area contributed by atoms with Crippen LogP contribution in [0.4, 0.5) is 26.3 Å². The molecule has 1 aromatic carbocycles. The zero-order valence-electron chi connectivity index (χ0n) is 10.4. The van der Waals surface area contributed by atoms with Crippen molar-refractivity contribution in [2.45, 2.75) is 18.1 Å². The van der Waals surface area contributed by atoms with Crippen molar-refractivity contribution < 1.29 is 35.8 Å². The van der Waals surface area contributed by atoms with Crippen LogP contribution in [0.25, 0.3) is 0 Å². The van der Waals surface area contributed by atoms with Crippen LogP contribution in [0.2, 0.25) is 0 Å². The van der Waals surface area contributed by atoms with Crippen molar-refractivity contribution in [3.05, 3.63) is 23.5 Å². The van der Waals surface area contributed by atoms with Gasteiger partial charge in [-0.1, -0.05) is 0 Å². The van der Waals surface area contributed by atoms with Crippen LogP contribution in [0.3, 0.4) is 0 Å². The van der Waals surface area contributed by atoms with E-state index in [1.165, 1.54) is 0 Å². The van der Waals surface area contributed by atoms with Gasteiger partial charge in [-0.05, 0) is 6.07 Å². The molecule has 0 aliphatic rings. The van der Waals surface area contributed by atoms with Crippen molar-refractivity contribution in [2.75, 3.05) is 14.2 Å². The lowest BCUT2D eigenvalue weighted by Crippen LogP contribution is -2.46. The lowest BCUT2D eigenvalue weighted by molar-refractivity contribution is -0.291. The molecule has 0 saturated carbocycles. The second kappa shape index (κ2) is 5.39. The fourth-order valence-corrected chi connectivity index (χ4v) is 1.48. The minimum Gasteiger partial charge on any atom is -0.493 e. The van der Waals surface area contributed by atoms with Gasteiger partial charge in [0.2, 0.25) is 0 Å². The summed E-state index contributed by atoms with van der Waals surface area (Å²) < 4.78 is 85.9. The summed E-state index contributed by atoms with van der Waals surface area (Å²) in [7, 11) is 2.27. The normalized spacial score (nSPS) is 14.1. The molecule has 0 saturated heterocycles. The van der Waals surface area contributed by atoms with E-state index >= 15 is 0 Å². The van der Waals surface area contributed by atoms with Gasteiger partial charge in [0.05, 0.1) is 14.2 Å². The van der Waals surface area contributed by atoms with Gasteiger partial charge in [-0.3, -0.25) is 0 Å². The molecule has 1 atom stereocenters. The molecule has 0 radical (unpaired) electrons. The van der Waals surface area contributed by atoms with Gasteiger partial charge in [0.1, 0.15) is 11.9 Å². The van der Waals surface area contributed by atoms with Crippen LogP contribution in [-0.2, 0) is 0 Å². The van der Waals surface area contributed by atoms with E-state index in [1.54, 1.807) is 0 Å².